The summed E-state index contributed by atoms with van der Waals surface area (Å²) in [5.41, 5.74) is 1.09. The third-order valence-corrected chi connectivity index (χ3v) is 4.24. The monoisotopic (exact) mass is 338 g/mol. The molecule has 5 nitrogen and oxygen atoms in total. The predicted molar refractivity (Wildman–Crippen MR) is 95.0 cm³/mol. The number of rotatable bonds is 10. The Morgan fingerprint density at radius 1 is 1.30 bits per heavy atom. The molecule has 23 heavy (non-hydrogen) atoms. The first-order chi connectivity index (χ1) is 11.0. The van der Waals surface area contributed by atoms with Crippen molar-refractivity contribution in [1.82, 2.24) is 10.2 Å². The van der Waals surface area contributed by atoms with Gasteiger partial charge >= 0.3 is 12.0 Å². The molecule has 128 valence electrons. The zero-order valence-electron chi connectivity index (χ0n) is 13.8. The fraction of sp³-hybridized carbons (Fsp3) is 0.529. The zero-order chi connectivity index (χ0) is 17.1. The van der Waals surface area contributed by atoms with Crippen molar-refractivity contribution in [2.45, 2.75) is 31.7 Å². The number of nitrogens with one attached hydrogen (secondary N) is 1. The fourth-order valence-corrected chi connectivity index (χ4v) is 2.67. The van der Waals surface area contributed by atoms with Crippen molar-refractivity contribution in [3.63, 3.8) is 0 Å². The fourth-order valence-electron chi connectivity index (χ4n) is 2.25. The van der Waals surface area contributed by atoms with Crippen molar-refractivity contribution in [2.24, 2.45) is 0 Å². The summed E-state index contributed by atoms with van der Waals surface area (Å²) in [6.07, 6.45) is 4.10. The SMILES string of the molecule is CSCCCN(C)C(=O)NC(CCC(=O)O)Cc1ccccc1. The number of carboxylic acids is 1. The average Bonchev–Trinajstić information content (AvgIpc) is 2.53. The van der Waals surface area contributed by atoms with Crippen LogP contribution in [0.1, 0.15) is 24.8 Å². The van der Waals surface area contributed by atoms with Gasteiger partial charge in [0.15, 0.2) is 0 Å². The van der Waals surface area contributed by atoms with Gasteiger partial charge in [0.05, 0.1) is 0 Å². The Balaban J connectivity index is 2.57. The van der Waals surface area contributed by atoms with Gasteiger partial charge in [0, 0.05) is 26.1 Å². The highest BCUT2D eigenvalue weighted by Gasteiger charge is 2.17. The van der Waals surface area contributed by atoms with E-state index in [1.165, 1.54) is 0 Å². The number of amides is 2. The molecule has 6 heteroatoms. The van der Waals surface area contributed by atoms with E-state index in [9.17, 15) is 9.59 Å². The van der Waals surface area contributed by atoms with Gasteiger partial charge in [-0.05, 0) is 36.8 Å². The molecule has 1 aromatic carbocycles. The second-order valence-corrected chi connectivity index (χ2v) is 6.52. The van der Waals surface area contributed by atoms with Crippen LogP contribution in [0.3, 0.4) is 0 Å². The molecule has 2 amide bonds. The number of thioether (sulfide) groups is 1. The van der Waals surface area contributed by atoms with Crippen LogP contribution in [0.5, 0.6) is 0 Å². The summed E-state index contributed by atoms with van der Waals surface area (Å²) in [6, 6.07) is 9.49. The Morgan fingerprint density at radius 2 is 2.00 bits per heavy atom. The van der Waals surface area contributed by atoms with Crippen molar-refractivity contribution in [1.29, 1.82) is 0 Å². The average molecular weight is 338 g/mol. The first kappa shape index (κ1) is 19.4. The molecular weight excluding hydrogens is 312 g/mol. The van der Waals surface area contributed by atoms with Crippen LogP contribution in [-0.2, 0) is 11.2 Å². The lowest BCUT2D eigenvalue weighted by atomic mass is 10.0. The smallest absolute Gasteiger partial charge is 0.317 e. The lowest BCUT2D eigenvalue weighted by Gasteiger charge is -2.23. The number of hydrogen-bond acceptors (Lipinski definition) is 3. The Labute approximate surface area is 142 Å². The van der Waals surface area contributed by atoms with Crippen LogP contribution in [0.15, 0.2) is 30.3 Å². The summed E-state index contributed by atoms with van der Waals surface area (Å²) >= 11 is 1.76. The first-order valence-electron chi connectivity index (χ1n) is 7.79. The highest BCUT2D eigenvalue weighted by atomic mass is 32.2. The molecule has 0 radical (unpaired) electrons. The number of carbonyl (C=O) groups excluding carboxylic acids is 1. The van der Waals surface area contributed by atoms with E-state index in [2.05, 4.69) is 5.32 Å². The molecule has 0 spiro atoms. The lowest BCUT2D eigenvalue weighted by Crippen LogP contribution is -2.44. The van der Waals surface area contributed by atoms with Crippen molar-refractivity contribution in [3.05, 3.63) is 35.9 Å². The van der Waals surface area contributed by atoms with E-state index in [4.69, 9.17) is 5.11 Å². The van der Waals surface area contributed by atoms with Crippen LogP contribution in [0.2, 0.25) is 0 Å². The van der Waals surface area contributed by atoms with Gasteiger partial charge < -0.3 is 15.3 Å². The van der Waals surface area contributed by atoms with Crippen LogP contribution >= 0.6 is 11.8 Å². The van der Waals surface area contributed by atoms with Crippen molar-refractivity contribution >= 4 is 23.8 Å². The zero-order valence-corrected chi connectivity index (χ0v) is 14.6. The molecule has 1 aromatic rings. The molecule has 0 fully saturated rings. The van der Waals surface area contributed by atoms with E-state index >= 15 is 0 Å². The number of aliphatic carboxylic acids is 1. The molecular formula is C17H26N2O3S. The number of carbonyl (C=O) groups is 2. The first-order valence-corrected chi connectivity index (χ1v) is 9.18. The second-order valence-electron chi connectivity index (χ2n) is 5.54. The van der Waals surface area contributed by atoms with E-state index in [1.807, 2.05) is 36.6 Å². The van der Waals surface area contributed by atoms with E-state index < -0.39 is 5.97 Å². The van der Waals surface area contributed by atoms with E-state index in [0.29, 0.717) is 19.4 Å². The second kappa shape index (κ2) is 10.9. The van der Waals surface area contributed by atoms with Crippen LogP contribution in [0.25, 0.3) is 0 Å². The molecule has 2 N–H and O–H groups in total. The van der Waals surface area contributed by atoms with Gasteiger partial charge in [-0.25, -0.2) is 4.79 Å². The van der Waals surface area contributed by atoms with Crippen molar-refractivity contribution in [2.75, 3.05) is 25.6 Å². The van der Waals surface area contributed by atoms with E-state index in [1.54, 1.807) is 23.7 Å². The Kier molecular flexibility index (Phi) is 9.21. The molecule has 1 rings (SSSR count). The van der Waals surface area contributed by atoms with Crippen LogP contribution < -0.4 is 5.32 Å². The molecule has 0 heterocycles. The van der Waals surface area contributed by atoms with Crippen molar-refractivity contribution in [3.8, 4) is 0 Å². The van der Waals surface area contributed by atoms with Gasteiger partial charge in [0.25, 0.3) is 0 Å². The summed E-state index contributed by atoms with van der Waals surface area (Å²) in [5, 5.41) is 11.9. The predicted octanol–water partition coefficient (Wildman–Crippen LogP) is 2.86. The summed E-state index contributed by atoms with van der Waals surface area (Å²) in [5.74, 6) is 0.176. The maximum atomic E-state index is 12.2. The summed E-state index contributed by atoms with van der Waals surface area (Å²) in [4.78, 5) is 24.7. The standard InChI is InChI=1S/C17H26N2O3S/c1-19(11-6-12-23-2)17(22)18-15(9-10-16(20)21)13-14-7-4-3-5-8-14/h3-5,7-8,15H,6,9-13H2,1-2H3,(H,18,22)(H,20,21). The summed E-state index contributed by atoms with van der Waals surface area (Å²) in [6.45, 7) is 0.698. The maximum absolute atomic E-state index is 12.2. The Morgan fingerprint density at radius 3 is 2.61 bits per heavy atom. The Hall–Kier alpha value is -1.69. The molecule has 0 saturated heterocycles. The van der Waals surface area contributed by atoms with Crippen LogP contribution in [0.4, 0.5) is 4.79 Å². The van der Waals surface area contributed by atoms with Crippen molar-refractivity contribution < 1.29 is 14.7 Å². The highest BCUT2D eigenvalue weighted by molar-refractivity contribution is 7.98. The molecule has 0 aromatic heterocycles. The molecule has 0 aliphatic heterocycles. The van der Waals surface area contributed by atoms with E-state index in [-0.39, 0.29) is 18.5 Å². The maximum Gasteiger partial charge on any atom is 0.317 e. The Bertz CT molecular complexity index is 482. The quantitative estimate of drug-likeness (QED) is 0.644. The number of nitrogens with zero attached hydrogens (tertiary/aromatic N) is 1. The van der Waals surface area contributed by atoms with Gasteiger partial charge in [-0.2, -0.15) is 11.8 Å². The normalized spacial score (nSPS) is 11.7. The molecule has 0 saturated carbocycles. The minimum Gasteiger partial charge on any atom is -0.481 e. The number of hydrogen-bond donors (Lipinski definition) is 2. The van der Waals surface area contributed by atoms with Gasteiger partial charge in [-0.3, -0.25) is 4.79 Å². The third-order valence-electron chi connectivity index (χ3n) is 3.55. The minimum atomic E-state index is -0.842. The number of urea groups is 1. The minimum absolute atomic E-state index is 0.0496. The molecule has 0 aliphatic carbocycles. The topological polar surface area (TPSA) is 69.6 Å². The molecule has 0 aliphatic rings. The molecule has 1 atom stereocenters. The van der Waals surface area contributed by atoms with Gasteiger partial charge in [-0.15, -0.1) is 0 Å². The van der Waals surface area contributed by atoms with Gasteiger partial charge in [0.2, 0.25) is 0 Å². The highest BCUT2D eigenvalue weighted by Crippen LogP contribution is 2.09. The largest absolute Gasteiger partial charge is 0.481 e. The van der Waals surface area contributed by atoms with Gasteiger partial charge in [0.1, 0.15) is 0 Å². The third kappa shape index (κ3) is 8.50. The number of benzene rings is 1. The van der Waals surface area contributed by atoms with Gasteiger partial charge in [-0.1, -0.05) is 30.3 Å². The van der Waals surface area contributed by atoms with E-state index in [0.717, 1.165) is 17.7 Å². The molecule has 0 bridgehead atoms. The summed E-state index contributed by atoms with van der Waals surface area (Å²) < 4.78 is 0. The van der Waals surface area contributed by atoms with Crippen LogP contribution in [0, 0.1) is 0 Å². The van der Waals surface area contributed by atoms with Crippen LogP contribution in [-0.4, -0.2) is 53.6 Å². The number of carboxylic acid groups (broad SMARTS) is 1. The summed E-state index contributed by atoms with van der Waals surface area (Å²) in [7, 11) is 1.77. The molecule has 1 unspecified atom stereocenters. The lowest BCUT2D eigenvalue weighted by molar-refractivity contribution is -0.137.